The van der Waals surface area contributed by atoms with Crippen LogP contribution in [-0.2, 0) is 4.79 Å². The molecule has 0 bridgehead atoms. The molecule has 0 aromatic heterocycles. The van der Waals surface area contributed by atoms with Crippen LogP contribution in [0.3, 0.4) is 0 Å². The molecule has 1 rings (SSSR count). The van der Waals surface area contributed by atoms with Crippen molar-refractivity contribution in [3.63, 3.8) is 0 Å². The Labute approximate surface area is 91.5 Å². The monoisotopic (exact) mass is 214 g/mol. The number of aliphatic hydroxyl groups excluding tert-OH is 1. The van der Waals surface area contributed by atoms with E-state index in [4.69, 9.17) is 0 Å². The zero-order valence-electron chi connectivity index (χ0n) is 9.54. The first-order valence-electron chi connectivity index (χ1n) is 6.02. The molecule has 1 aliphatic rings. The molecule has 0 heterocycles. The van der Waals surface area contributed by atoms with Crippen molar-refractivity contribution in [2.75, 3.05) is 0 Å². The summed E-state index contributed by atoms with van der Waals surface area (Å²) in [6.07, 6.45) is 6.33. The van der Waals surface area contributed by atoms with Gasteiger partial charge < -0.3 is 10.2 Å². The van der Waals surface area contributed by atoms with Gasteiger partial charge in [-0.2, -0.15) is 0 Å². The minimum Gasteiger partial charge on any atom is -0.481 e. The van der Waals surface area contributed by atoms with Crippen molar-refractivity contribution in [1.82, 2.24) is 0 Å². The van der Waals surface area contributed by atoms with Crippen LogP contribution in [0.25, 0.3) is 0 Å². The number of hydrogen-bond donors (Lipinski definition) is 2. The van der Waals surface area contributed by atoms with Crippen molar-refractivity contribution in [1.29, 1.82) is 0 Å². The predicted octanol–water partition coefficient (Wildman–Crippen LogP) is 2.57. The lowest BCUT2D eigenvalue weighted by atomic mass is 9.70. The quantitative estimate of drug-likeness (QED) is 0.691. The molecule has 0 aromatic rings. The van der Waals surface area contributed by atoms with E-state index in [1.54, 1.807) is 0 Å². The van der Waals surface area contributed by atoms with Crippen LogP contribution >= 0.6 is 0 Å². The molecule has 2 N–H and O–H groups in total. The third-order valence-electron chi connectivity index (χ3n) is 3.62. The normalized spacial score (nSPS) is 31.5. The van der Waals surface area contributed by atoms with E-state index in [0.29, 0.717) is 25.7 Å². The highest BCUT2D eigenvalue weighted by Crippen LogP contribution is 2.41. The minimum atomic E-state index is -0.662. The second-order valence-electron chi connectivity index (χ2n) is 4.77. The van der Waals surface area contributed by atoms with Gasteiger partial charge in [0.25, 0.3) is 0 Å². The maximum Gasteiger partial charge on any atom is 0.309 e. The van der Waals surface area contributed by atoms with E-state index in [2.05, 4.69) is 6.92 Å². The predicted molar refractivity (Wildman–Crippen MR) is 58.7 cm³/mol. The van der Waals surface area contributed by atoms with E-state index >= 15 is 0 Å². The van der Waals surface area contributed by atoms with Gasteiger partial charge in [0.2, 0.25) is 0 Å². The first-order valence-corrected chi connectivity index (χ1v) is 6.02. The average molecular weight is 214 g/mol. The molecule has 0 radical (unpaired) electrons. The summed E-state index contributed by atoms with van der Waals surface area (Å²) in [4.78, 5) is 11.3. The van der Waals surface area contributed by atoms with Crippen molar-refractivity contribution in [2.24, 2.45) is 5.41 Å². The number of hydrogen-bond acceptors (Lipinski definition) is 2. The summed E-state index contributed by atoms with van der Waals surface area (Å²) in [6, 6.07) is 0. The van der Waals surface area contributed by atoms with Crippen LogP contribution in [-0.4, -0.2) is 22.3 Å². The largest absolute Gasteiger partial charge is 0.481 e. The molecule has 0 saturated heterocycles. The fourth-order valence-electron chi connectivity index (χ4n) is 2.44. The topological polar surface area (TPSA) is 57.5 Å². The van der Waals surface area contributed by atoms with Crippen LogP contribution in [0.2, 0.25) is 0 Å². The third kappa shape index (κ3) is 3.20. The molecule has 0 atom stereocenters. The third-order valence-corrected chi connectivity index (χ3v) is 3.62. The van der Waals surface area contributed by atoms with Gasteiger partial charge in [-0.15, -0.1) is 0 Å². The molecule has 0 spiro atoms. The zero-order chi connectivity index (χ0) is 11.3. The Bertz CT molecular complexity index is 205. The standard InChI is InChI=1S/C12H22O3/c1-2-3-4-7-12(11(14)15)8-5-10(13)6-9-12/h10,13H,2-9H2,1H3,(H,14,15). The lowest BCUT2D eigenvalue weighted by Gasteiger charge is -2.35. The Morgan fingerprint density at radius 2 is 1.93 bits per heavy atom. The van der Waals surface area contributed by atoms with Gasteiger partial charge in [-0.3, -0.25) is 4.79 Å². The van der Waals surface area contributed by atoms with Crippen LogP contribution in [0.5, 0.6) is 0 Å². The molecule has 88 valence electrons. The summed E-state index contributed by atoms with van der Waals surface area (Å²) in [6.45, 7) is 2.12. The van der Waals surface area contributed by atoms with E-state index in [9.17, 15) is 15.0 Å². The summed E-state index contributed by atoms with van der Waals surface area (Å²) in [5.74, 6) is -0.662. The van der Waals surface area contributed by atoms with E-state index in [1.807, 2.05) is 0 Å². The molecule has 1 saturated carbocycles. The Hall–Kier alpha value is -0.570. The lowest BCUT2D eigenvalue weighted by Crippen LogP contribution is -2.36. The van der Waals surface area contributed by atoms with Crippen LogP contribution in [0.15, 0.2) is 0 Å². The second kappa shape index (κ2) is 5.50. The van der Waals surface area contributed by atoms with E-state index in [1.165, 1.54) is 0 Å². The highest BCUT2D eigenvalue weighted by molar-refractivity contribution is 5.74. The summed E-state index contributed by atoms with van der Waals surface area (Å²) >= 11 is 0. The van der Waals surface area contributed by atoms with Gasteiger partial charge in [-0.05, 0) is 32.1 Å². The average Bonchev–Trinajstić information content (AvgIpc) is 2.21. The van der Waals surface area contributed by atoms with Crippen LogP contribution in [0, 0.1) is 5.41 Å². The van der Waals surface area contributed by atoms with Gasteiger partial charge in [0.05, 0.1) is 11.5 Å². The maximum absolute atomic E-state index is 11.3. The number of aliphatic hydroxyl groups is 1. The van der Waals surface area contributed by atoms with Crippen molar-refractivity contribution < 1.29 is 15.0 Å². The van der Waals surface area contributed by atoms with Gasteiger partial charge in [-0.25, -0.2) is 0 Å². The molecule has 0 aliphatic heterocycles. The Kier molecular flexibility index (Phi) is 4.58. The summed E-state index contributed by atoms with van der Waals surface area (Å²) < 4.78 is 0. The smallest absolute Gasteiger partial charge is 0.309 e. The van der Waals surface area contributed by atoms with Gasteiger partial charge in [-0.1, -0.05) is 26.2 Å². The Morgan fingerprint density at radius 3 is 2.40 bits per heavy atom. The Balaban J connectivity index is 2.51. The molecular formula is C12H22O3. The van der Waals surface area contributed by atoms with E-state index in [0.717, 1.165) is 25.7 Å². The van der Waals surface area contributed by atoms with Crippen molar-refractivity contribution in [3.05, 3.63) is 0 Å². The number of aliphatic carboxylic acids is 1. The summed E-state index contributed by atoms with van der Waals surface area (Å²) in [5.41, 5.74) is -0.533. The number of rotatable bonds is 5. The molecule has 3 nitrogen and oxygen atoms in total. The first-order chi connectivity index (χ1) is 7.10. The Morgan fingerprint density at radius 1 is 1.33 bits per heavy atom. The van der Waals surface area contributed by atoms with Gasteiger partial charge >= 0.3 is 5.97 Å². The van der Waals surface area contributed by atoms with Crippen LogP contribution in [0.4, 0.5) is 0 Å². The molecule has 0 unspecified atom stereocenters. The number of carboxylic acid groups (broad SMARTS) is 1. The van der Waals surface area contributed by atoms with Gasteiger partial charge in [0.15, 0.2) is 0 Å². The number of carbonyl (C=O) groups is 1. The molecule has 15 heavy (non-hydrogen) atoms. The van der Waals surface area contributed by atoms with Crippen LogP contribution in [0.1, 0.15) is 58.3 Å². The second-order valence-corrected chi connectivity index (χ2v) is 4.77. The van der Waals surface area contributed by atoms with Crippen LogP contribution < -0.4 is 0 Å². The molecule has 1 aliphatic carbocycles. The van der Waals surface area contributed by atoms with Crippen molar-refractivity contribution >= 4 is 5.97 Å². The minimum absolute atomic E-state index is 0.274. The molecule has 0 aromatic carbocycles. The fraction of sp³-hybridized carbons (Fsp3) is 0.917. The molecule has 3 heteroatoms. The zero-order valence-corrected chi connectivity index (χ0v) is 9.54. The van der Waals surface area contributed by atoms with Crippen molar-refractivity contribution in [3.8, 4) is 0 Å². The van der Waals surface area contributed by atoms with Crippen molar-refractivity contribution in [2.45, 2.75) is 64.4 Å². The fourth-order valence-corrected chi connectivity index (χ4v) is 2.44. The molecule has 1 fully saturated rings. The highest BCUT2D eigenvalue weighted by Gasteiger charge is 2.40. The number of unbranched alkanes of at least 4 members (excludes halogenated alkanes) is 2. The van der Waals surface area contributed by atoms with E-state index < -0.39 is 11.4 Å². The first kappa shape index (κ1) is 12.5. The summed E-state index contributed by atoms with van der Waals surface area (Å²) in [7, 11) is 0. The summed E-state index contributed by atoms with van der Waals surface area (Å²) in [5, 5.41) is 18.7. The molecule has 0 amide bonds. The van der Waals surface area contributed by atoms with Gasteiger partial charge in [0, 0.05) is 0 Å². The lowest BCUT2D eigenvalue weighted by molar-refractivity contribution is -0.153. The maximum atomic E-state index is 11.3. The van der Waals surface area contributed by atoms with Gasteiger partial charge in [0.1, 0.15) is 0 Å². The SMILES string of the molecule is CCCCCC1(C(=O)O)CCC(O)CC1. The molecular weight excluding hydrogens is 192 g/mol. The highest BCUT2D eigenvalue weighted by atomic mass is 16.4. The number of carboxylic acids is 1. The van der Waals surface area contributed by atoms with E-state index in [-0.39, 0.29) is 6.10 Å².